The van der Waals surface area contributed by atoms with Crippen LogP contribution in [0.25, 0.3) is 0 Å². The van der Waals surface area contributed by atoms with Crippen LogP contribution in [0.5, 0.6) is 5.75 Å². The van der Waals surface area contributed by atoms with Crippen molar-refractivity contribution >= 4 is 0 Å². The lowest BCUT2D eigenvalue weighted by Gasteiger charge is -2.39. The number of aryl methyl sites for hydroxylation is 1. The van der Waals surface area contributed by atoms with Gasteiger partial charge in [-0.1, -0.05) is 36.4 Å². The van der Waals surface area contributed by atoms with E-state index in [1.165, 1.54) is 28.7 Å². The van der Waals surface area contributed by atoms with Gasteiger partial charge in [0.1, 0.15) is 12.4 Å². The van der Waals surface area contributed by atoms with Crippen LogP contribution in [0.2, 0.25) is 0 Å². The summed E-state index contributed by atoms with van der Waals surface area (Å²) in [6.45, 7) is 2.46. The second-order valence-electron chi connectivity index (χ2n) is 6.46. The summed E-state index contributed by atoms with van der Waals surface area (Å²) in [5, 5.41) is 10.5. The third-order valence-electron chi connectivity index (χ3n) is 4.73. The van der Waals surface area contributed by atoms with Gasteiger partial charge >= 0.3 is 0 Å². The van der Waals surface area contributed by atoms with Crippen molar-refractivity contribution < 1.29 is 9.84 Å². The van der Waals surface area contributed by atoms with E-state index in [1.807, 2.05) is 25.1 Å². The third kappa shape index (κ3) is 2.06. The fraction of sp³-hybridized carbons (Fsp3) is 0.368. The average Bonchev–Trinajstić information content (AvgIpc) is 2.92. The van der Waals surface area contributed by atoms with Gasteiger partial charge in [-0.3, -0.25) is 0 Å². The van der Waals surface area contributed by atoms with Crippen LogP contribution in [0.15, 0.2) is 36.4 Å². The minimum absolute atomic E-state index is 0.569. The largest absolute Gasteiger partial charge is 0.488 e. The van der Waals surface area contributed by atoms with Crippen LogP contribution in [0.3, 0.4) is 0 Å². The molecule has 0 aliphatic heterocycles. The molecule has 0 fully saturated rings. The van der Waals surface area contributed by atoms with E-state index in [0.717, 1.165) is 30.6 Å². The summed E-state index contributed by atoms with van der Waals surface area (Å²) in [5.41, 5.74) is 5.49. The first-order valence-corrected chi connectivity index (χ1v) is 7.72. The molecular weight excluding hydrogens is 260 g/mol. The molecule has 2 aliphatic carbocycles. The molecule has 108 valence electrons. The van der Waals surface area contributed by atoms with Gasteiger partial charge in [0, 0.05) is 12.0 Å². The summed E-state index contributed by atoms with van der Waals surface area (Å²) in [6, 6.07) is 12.5. The van der Waals surface area contributed by atoms with Gasteiger partial charge in [0.05, 0.1) is 5.60 Å². The zero-order valence-electron chi connectivity index (χ0n) is 12.4. The Kier molecular flexibility index (Phi) is 2.83. The van der Waals surface area contributed by atoms with E-state index >= 15 is 0 Å². The zero-order chi connectivity index (χ0) is 14.4. The number of aliphatic hydroxyl groups is 1. The molecule has 0 heterocycles. The van der Waals surface area contributed by atoms with Gasteiger partial charge in [0.2, 0.25) is 0 Å². The van der Waals surface area contributed by atoms with Crippen LogP contribution in [-0.4, -0.2) is 5.11 Å². The highest BCUT2D eigenvalue weighted by molar-refractivity contribution is 5.59. The van der Waals surface area contributed by atoms with Crippen LogP contribution in [0.4, 0.5) is 0 Å². The number of rotatable bonds is 3. The molecule has 0 saturated heterocycles. The van der Waals surface area contributed by atoms with E-state index in [2.05, 4.69) is 18.2 Å². The summed E-state index contributed by atoms with van der Waals surface area (Å²) in [6.07, 6.45) is 4.16. The summed E-state index contributed by atoms with van der Waals surface area (Å²) in [7, 11) is 0. The fourth-order valence-corrected chi connectivity index (χ4v) is 3.74. The Hall–Kier alpha value is -1.80. The first-order valence-electron chi connectivity index (χ1n) is 7.72. The van der Waals surface area contributed by atoms with Gasteiger partial charge in [0.15, 0.2) is 0 Å². The fourth-order valence-electron chi connectivity index (χ4n) is 3.74. The SMILES string of the molecule is CC1(O)Cc2cc3c(c(OCc4ccccc4)c21)CCC3. The molecule has 2 aromatic carbocycles. The van der Waals surface area contributed by atoms with E-state index in [4.69, 9.17) is 4.74 Å². The maximum atomic E-state index is 10.5. The van der Waals surface area contributed by atoms with Crippen molar-refractivity contribution in [3.8, 4) is 5.75 Å². The smallest absolute Gasteiger partial charge is 0.129 e. The lowest BCUT2D eigenvalue weighted by molar-refractivity contribution is 0.0285. The maximum Gasteiger partial charge on any atom is 0.129 e. The zero-order valence-corrected chi connectivity index (χ0v) is 12.4. The number of fused-ring (bicyclic) bond motifs is 2. The van der Waals surface area contributed by atoms with Gasteiger partial charge in [-0.2, -0.15) is 0 Å². The monoisotopic (exact) mass is 280 g/mol. The topological polar surface area (TPSA) is 29.5 Å². The summed E-state index contributed by atoms with van der Waals surface area (Å²) >= 11 is 0. The highest BCUT2D eigenvalue weighted by Crippen LogP contribution is 2.49. The number of benzene rings is 2. The molecule has 0 radical (unpaired) electrons. The maximum absolute atomic E-state index is 10.5. The minimum atomic E-state index is -0.723. The Morgan fingerprint density at radius 1 is 1.14 bits per heavy atom. The standard InChI is InChI=1S/C19H20O2/c1-19(20)11-15-10-14-8-5-9-16(14)18(17(15)19)21-12-13-6-3-2-4-7-13/h2-4,6-7,10,20H,5,8-9,11-12H2,1H3. The van der Waals surface area contributed by atoms with E-state index in [1.54, 1.807) is 0 Å². The molecule has 4 rings (SSSR count). The molecule has 1 unspecified atom stereocenters. The van der Waals surface area contributed by atoms with Crippen molar-refractivity contribution in [3.63, 3.8) is 0 Å². The van der Waals surface area contributed by atoms with Crippen molar-refractivity contribution in [1.82, 2.24) is 0 Å². The second-order valence-corrected chi connectivity index (χ2v) is 6.46. The number of hydrogen-bond donors (Lipinski definition) is 1. The molecule has 1 atom stereocenters. The highest BCUT2D eigenvalue weighted by atomic mass is 16.5. The van der Waals surface area contributed by atoms with Gasteiger partial charge < -0.3 is 9.84 Å². The molecule has 1 N–H and O–H groups in total. The van der Waals surface area contributed by atoms with Gasteiger partial charge in [-0.05, 0) is 48.4 Å². The van der Waals surface area contributed by atoms with Crippen molar-refractivity contribution in [2.45, 2.75) is 44.8 Å². The molecule has 0 spiro atoms. The van der Waals surface area contributed by atoms with Gasteiger partial charge in [-0.15, -0.1) is 0 Å². The Morgan fingerprint density at radius 2 is 1.95 bits per heavy atom. The predicted molar refractivity (Wildman–Crippen MR) is 82.5 cm³/mol. The van der Waals surface area contributed by atoms with Crippen LogP contribution in [0, 0.1) is 0 Å². The Labute approximate surface area is 125 Å². The average molecular weight is 280 g/mol. The summed E-state index contributed by atoms with van der Waals surface area (Å²) in [4.78, 5) is 0. The first-order chi connectivity index (χ1) is 10.1. The molecular formula is C19H20O2. The highest BCUT2D eigenvalue weighted by Gasteiger charge is 2.42. The molecule has 2 heteroatoms. The quantitative estimate of drug-likeness (QED) is 0.932. The van der Waals surface area contributed by atoms with Crippen LogP contribution in [0.1, 0.15) is 41.2 Å². The normalized spacial score (nSPS) is 22.4. The van der Waals surface area contributed by atoms with E-state index in [0.29, 0.717) is 6.61 Å². The second kappa shape index (κ2) is 4.60. The lowest BCUT2D eigenvalue weighted by Crippen LogP contribution is -2.36. The van der Waals surface area contributed by atoms with Crippen LogP contribution < -0.4 is 4.74 Å². The first kappa shape index (κ1) is 12.9. The minimum Gasteiger partial charge on any atom is -0.488 e. The molecule has 2 aromatic rings. The Morgan fingerprint density at radius 3 is 2.71 bits per heavy atom. The summed E-state index contributed by atoms with van der Waals surface area (Å²) < 4.78 is 6.17. The van der Waals surface area contributed by atoms with Gasteiger partial charge in [-0.25, -0.2) is 0 Å². The number of hydrogen-bond acceptors (Lipinski definition) is 2. The molecule has 2 aliphatic rings. The lowest BCUT2D eigenvalue weighted by atomic mass is 9.72. The van der Waals surface area contributed by atoms with Crippen molar-refractivity contribution in [1.29, 1.82) is 0 Å². The third-order valence-corrected chi connectivity index (χ3v) is 4.73. The van der Waals surface area contributed by atoms with Crippen molar-refractivity contribution in [2.75, 3.05) is 0 Å². The van der Waals surface area contributed by atoms with Crippen LogP contribution >= 0.6 is 0 Å². The molecule has 0 amide bonds. The molecule has 0 bridgehead atoms. The van der Waals surface area contributed by atoms with E-state index in [9.17, 15) is 5.11 Å². The van der Waals surface area contributed by atoms with E-state index < -0.39 is 5.60 Å². The molecule has 2 nitrogen and oxygen atoms in total. The molecule has 21 heavy (non-hydrogen) atoms. The predicted octanol–water partition coefficient (Wildman–Crippen LogP) is 3.52. The molecule has 0 aromatic heterocycles. The van der Waals surface area contributed by atoms with Crippen LogP contribution in [-0.2, 0) is 31.5 Å². The van der Waals surface area contributed by atoms with Crippen molar-refractivity contribution in [3.05, 3.63) is 64.2 Å². The molecule has 0 saturated carbocycles. The van der Waals surface area contributed by atoms with Crippen molar-refractivity contribution in [2.24, 2.45) is 0 Å². The Balaban J connectivity index is 1.71. The Bertz CT molecular complexity index is 686. The van der Waals surface area contributed by atoms with Gasteiger partial charge in [0.25, 0.3) is 0 Å². The summed E-state index contributed by atoms with van der Waals surface area (Å²) in [5.74, 6) is 0.958. The van der Waals surface area contributed by atoms with E-state index in [-0.39, 0.29) is 0 Å². The number of ether oxygens (including phenoxy) is 1.